The molecule has 0 radical (unpaired) electrons. The first kappa shape index (κ1) is 27.2. The lowest BCUT2D eigenvalue weighted by atomic mass is 9.82. The van der Waals surface area contributed by atoms with E-state index in [0.29, 0.717) is 10.0 Å². The number of carbonyl (C=O) groups is 2. The van der Waals surface area contributed by atoms with Gasteiger partial charge in [0.25, 0.3) is 5.56 Å². The maximum absolute atomic E-state index is 13.5. The molecule has 2 aromatic carbocycles. The number of Topliss-reactive ketones (excluding diaryl/α,β-unsaturated/α-hetero) is 2. The average Bonchev–Trinajstić information content (AvgIpc) is 3.23. The van der Waals surface area contributed by atoms with Crippen LogP contribution in [0.4, 0.5) is 0 Å². The fourth-order valence-corrected chi connectivity index (χ4v) is 4.65. The van der Waals surface area contributed by atoms with E-state index in [1.165, 1.54) is 65.8 Å². The van der Waals surface area contributed by atoms with Gasteiger partial charge < -0.3 is 14.9 Å². The number of rotatable bonds is 7. The van der Waals surface area contributed by atoms with Crippen LogP contribution >= 0.6 is 39.1 Å². The Kier molecular flexibility index (Phi) is 7.98. The standard InChI is InChI=1S/C25H19BrCl2N2O7/c26-10-9-15-12-30(24(35)29-23(15)34)18-11-25(36,21(33)14-3-7-17(28)8-4-14)22(37-18)20(32)19(31)13-1-5-16(27)6-2-13/h1-10,12,18,20,22,32,36H,11H2,(H,29,34,35)/t18-,20?,22-,25-/m1/s1. The number of nitrogens with one attached hydrogen (secondary N) is 1. The lowest BCUT2D eigenvalue weighted by Crippen LogP contribution is -2.53. The fraction of sp³-hybridized carbons (Fsp3) is 0.200. The minimum atomic E-state index is -2.43. The van der Waals surface area contributed by atoms with E-state index in [9.17, 15) is 29.4 Å². The molecule has 9 nitrogen and oxygen atoms in total. The molecule has 3 N–H and O–H groups in total. The molecule has 0 saturated carbocycles. The van der Waals surface area contributed by atoms with Crippen molar-refractivity contribution >= 4 is 56.8 Å². The number of aromatic nitrogens is 2. The lowest BCUT2D eigenvalue weighted by Gasteiger charge is -2.29. The van der Waals surface area contributed by atoms with Gasteiger partial charge in [0.1, 0.15) is 18.4 Å². The number of nitrogens with zero attached hydrogens (tertiary/aromatic N) is 1. The van der Waals surface area contributed by atoms with Gasteiger partial charge in [0.2, 0.25) is 0 Å². The van der Waals surface area contributed by atoms with Crippen molar-refractivity contribution in [3.05, 3.63) is 107 Å². The quantitative estimate of drug-likeness (QED) is 0.349. The molecule has 1 aliphatic rings. The Labute approximate surface area is 228 Å². The number of ether oxygens (including phenoxy) is 1. The summed E-state index contributed by atoms with van der Waals surface area (Å²) in [4.78, 5) is 54.8. The van der Waals surface area contributed by atoms with E-state index in [1.807, 2.05) is 0 Å². The number of aromatic amines is 1. The molecule has 0 spiro atoms. The maximum Gasteiger partial charge on any atom is 0.330 e. The molecular formula is C25H19BrCl2N2O7. The number of halogens is 3. The van der Waals surface area contributed by atoms with Crippen LogP contribution in [-0.2, 0) is 4.74 Å². The number of benzene rings is 2. The van der Waals surface area contributed by atoms with E-state index >= 15 is 0 Å². The molecule has 1 unspecified atom stereocenters. The van der Waals surface area contributed by atoms with Crippen LogP contribution in [0.1, 0.15) is 38.9 Å². The summed E-state index contributed by atoms with van der Waals surface area (Å²) in [6.07, 6.45) is -3.01. The SMILES string of the molecule is O=C(c1ccc(Cl)cc1)C(O)[C@H]1O[C@@H](n2cc(C=CBr)c(=O)[nH]c2=O)C[C@@]1(O)C(=O)c1ccc(Cl)cc1. The second-order valence-electron chi connectivity index (χ2n) is 8.34. The molecule has 4 rings (SSSR count). The number of aliphatic hydroxyl groups excluding tert-OH is 1. The van der Waals surface area contributed by atoms with Gasteiger partial charge in [0.15, 0.2) is 17.2 Å². The number of H-pyrrole nitrogens is 1. The minimum absolute atomic E-state index is 0.0454. The second kappa shape index (κ2) is 10.9. The van der Waals surface area contributed by atoms with E-state index in [0.717, 1.165) is 4.57 Å². The predicted molar refractivity (Wildman–Crippen MR) is 140 cm³/mol. The third-order valence-corrected chi connectivity index (χ3v) is 6.76. The molecule has 12 heteroatoms. The third kappa shape index (κ3) is 5.40. The van der Waals surface area contributed by atoms with Gasteiger partial charge in [-0.2, -0.15) is 0 Å². The third-order valence-electron chi connectivity index (χ3n) is 5.99. The summed E-state index contributed by atoms with van der Waals surface area (Å²) >= 11 is 14.9. The van der Waals surface area contributed by atoms with Gasteiger partial charge in [0.05, 0.1) is 5.56 Å². The molecule has 1 aromatic heterocycles. The summed E-state index contributed by atoms with van der Waals surface area (Å²) in [6.45, 7) is 0. The molecule has 3 aromatic rings. The molecule has 2 heterocycles. The Morgan fingerprint density at radius 3 is 2.22 bits per heavy atom. The summed E-state index contributed by atoms with van der Waals surface area (Å²) in [5, 5.41) is 23.4. The predicted octanol–water partition coefficient (Wildman–Crippen LogP) is 3.35. The number of carbonyl (C=O) groups excluding carboxylic acids is 2. The van der Waals surface area contributed by atoms with E-state index in [-0.39, 0.29) is 16.7 Å². The first-order chi connectivity index (χ1) is 17.5. The molecule has 0 amide bonds. The van der Waals surface area contributed by atoms with Crippen LogP contribution in [-0.4, -0.2) is 49.1 Å². The number of ketones is 2. The van der Waals surface area contributed by atoms with Gasteiger partial charge in [-0.15, -0.1) is 0 Å². The number of hydrogen-bond donors (Lipinski definition) is 3. The molecule has 1 aliphatic heterocycles. The van der Waals surface area contributed by atoms with Crippen molar-refractivity contribution in [2.75, 3.05) is 0 Å². The summed E-state index contributed by atoms with van der Waals surface area (Å²) in [5.41, 5.74) is -3.78. The molecule has 1 fully saturated rings. The molecule has 0 aliphatic carbocycles. The first-order valence-electron chi connectivity index (χ1n) is 10.8. The monoisotopic (exact) mass is 608 g/mol. The van der Waals surface area contributed by atoms with Crippen LogP contribution < -0.4 is 11.2 Å². The van der Waals surface area contributed by atoms with E-state index < -0.39 is 53.3 Å². The van der Waals surface area contributed by atoms with Gasteiger partial charge in [-0.3, -0.25) is 23.9 Å². The average molecular weight is 610 g/mol. The maximum atomic E-state index is 13.5. The molecular weight excluding hydrogens is 591 g/mol. The zero-order valence-electron chi connectivity index (χ0n) is 18.8. The highest BCUT2D eigenvalue weighted by atomic mass is 79.9. The Hall–Kier alpha value is -2.86. The van der Waals surface area contributed by atoms with E-state index in [1.54, 1.807) is 0 Å². The van der Waals surface area contributed by atoms with Crippen LogP contribution in [0.3, 0.4) is 0 Å². The van der Waals surface area contributed by atoms with Gasteiger partial charge in [-0.05, 0) is 59.6 Å². The normalized spacial score (nSPS) is 22.3. The van der Waals surface area contributed by atoms with E-state index in [2.05, 4.69) is 20.9 Å². The molecule has 4 atom stereocenters. The Morgan fingerprint density at radius 1 is 1.08 bits per heavy atom. The number of aliphatic hydroxyl groups is 2. The van der Waals surface area contributed by atoms with Crippen molar-refractivity contribution in [1.29, 1.82) is 0 Å². The van der Waals surface area contributed by atoms with Gasteiger partial charge in [-0.1, -0.05) is 39.1 Å². The van der Waals surface area contributed by atoms with Crippen molar-refractivity contribution in [3.63, 3.8) is 0 Å². The second-order valence-corrected chi connectivity index (χ2v) is 9.74. The zero-order valence-corrected chi connectivity index (χ0v) is 21.9. The number of hydrogen-bond acceptors (Lipinski definition) is 7. The summed E-state index contributed by atoms with van der Waals surface area (Å²) in [7, 11) is 0. The summed E-state index contributed by atoms with van der Waals surface area (Å²) in [6, 6.07) is 11.3. The van der Waals surface area contributed by atoms with Crippen LogP contribution in [0.15, 0.2) is 69.3 Å². The molecule has 192 valence electrons. The van der Waals surface area contributed by atoms with Gasteiger partial charge in [-0.25, -0.2) is 4.79 Å². The Bertz CT molecular complexity index is 1480. The largest absolute Gasteiger partial charge is 0.382 e. The van der Waals surface area contributed by atoms with Gasteiger partial charge >= 0.3 is 5.69 Å². The van der Waals surface area contributed by atoms with Crippen molar-refractivity contribution in [2.45, 2.75) is 30.5 Å². The lowest BCUT2D eigenvalue weighted by molar-refractivity contribution is -0.0915. The zero-order chi connectivity index (χ0) is 26.9. The topological polar surface area (TPSA) is 139 Å². The Balaban J connectivity index is 1.78. The van der Waals surface area contributed by atoms with Crippen LogP contribution in [0.25, 0.3) is 6.08 Å². The van der Waals surface area contributed by atoms with Crippen LogP contribution in [0.5, 0.6) is 0 Å². The van der Waals surface area contributed by atoms with Crippen molar-refractivity contribution in [3.8, 4) is 0 Å². The Morgan fingerprint density at radius 2 is 1.65 bits per heavy atom. The molecule has 37 heavy (non-hydrogen) atoms. The van der Waals surface area contributed by atoms with Crippen LogP contribution in [0, 0.1) is 0 Å². The molecule has 0 bridgehead atoms. The van der Waals surface area contributed by atoms with Gasteiger partial charge in [0, 0.05) is 33.8 Å². The highest BCUT2D eigenvalue weighted by Gasteiger charge is 2.57. The molecule has 1 saturated heterocycles. The highest BCUT2D eigenvalue weighted by molar-refractivity contribution is 9.11. The van der Waals surface area contributed by atoms with Crippen molar-refractivity contribution < 1.29 is 24.5 Å². The summed E-state index contributed by atoms with van der Waals surface area (Å²) < 4.78 is 6.80. The first-order valence-corrected chi connectivity index (χ1v) is 12.5. The van der Waals surface area contributed by atoms with Crippen LogP contribution in [0.2, 0.25) is 10.0 Å². The van der Waals surface area contributed by atoms with Crippen molar-refractivity contribution in [1.82, 2.24) is 9.55 Å². The smallest absolute Gasteiger partial charge is 0.330 e. The van der Waals surface area contributed by atoms with Crippen molar-refractivity contribution in [2.24, 2.45) is 0 Å². The minimum Gasteiger partial charge on any atom is -0.382 e. The highest BCUT2D eigenvalue weighted by Crippen LogP contribution is 2.41. The summed E-state index contributed by atoms with van der Waals surface area (Å²) in [5.74, 6) is -1.68. The van der Waals surface area contributed by atoms with E-state index in [4.69, 9.17) is 27.9 Å². The fourth-order valence-electron chi connectivity index (χ4n) is 4.11.